The average molecular weight is 458 g/mol. The molecule has 1 aromatic carbocycles. The molecule has 3 rings (SSSR count). The summed E-state index contributed by atoms with van der Waals surface area (Å²) in [5.74, 6) is -2.16. The lowest BCUT2D eigenvalue weighted by Gasteiger charge is -2.34. The first-order chi connectivity index (χ1) is 15.1. The molecule has 0 radical (unpaired) electrons. The monoisotopic (exact) mass is 457 g/mol. The largest absolute Gasteiger partial charge is 0.507 e. The van der Waals surface area contributed by atoms with Crippen LogP contribution in [0.3, 0.4) is 0 Å². The molecule has 1 unspecified atom stereocenters. The topological polar surface area (TPSA) is 93.1 Å². The minimum atomic E-state index is -1.16. The number of thioether (sulfide) groups is 1. The van der Waals surface area contributed by atoms with E-state index in [1.165, 1.54) is 17.8 Å². The number of phenols is 1. The quantitative estimate of drug-likeness (QED) is 0.503. The van der Waals surface area contributed by atoms with Crippen molar-refractivity contribution >= 4 is 29.5 Å². The highest BCUT2D eigenvalue weighted by atomic mass is 32.2. The van der Waals surface area contributed by atoms with Crippen LogP contribution in [0, 0.1) is 13.8 Å². The second kappa shape index (κ2) is 9.24. The van der Waals surface area contributed by atoms with Gasteiger partial charge in [-0.1, -0.05) is 11.8 Å². The van der Waals surface area contributed by atoms with E-state index in [0.29, 0.717) is 5.03 Å². The zero-order chi connectivity index (χ0) is 23.7. The number of fused-ring (bicyclic) bond motifs is 1. The van der Waals surface area contributed by atoms with Gasteiger partial charge in [0.05, 0.1) is 29.4 Å². The lowest BCUT2D eigenvalue weighted by Crippen LogP contribution is -2.45. The fourth-order valence-corrected chi connectivity index (χ4v) is 4.78. The van der Waals surface area contributed by atoms with Crippen LogP contribution in [0.4, 0.5) is 0 Å². The van der Waals surface area contributed by atoms with Crippen LogP contribution in [-0.2, 0) is 19.1 Å². The van der Waals surface area contributed by atoms with E-state index in [-0.39, 0.29) is 35.7 Å². The standard InChI is InChI=1S/C24H27NO6S/c1-7-30-23(28)20-17(22(27)16-9-12(3)13(4)10-18(16)26)11-19-25(14(5)15(6)32-19)21(20)24(29)31-8-2/h9-11,21,26H,7-8H2,1-6H3. The highest BCUT2D eigenvalue weighted by Gasteiger charge is 2.46. The summed E-state index contributed by atoms with van der Waals surface area (Å²) in [5.41, 5.74) is 2.43. The van der Waals surface area contributed by atoms with Crippen molar-refractivity contribution in [1.82, 2.24) is 4.90 Å². The number of aromatic hydroxyl groups is 1. The Kier molecular flexibility index (Phi) is 6.83. The summed E-state index contributed by atoms with van der Waals surface area (Å²) in [5, 5.41) is 11.1. The normalized spacial score (nSPS) is 17.9. The molecule has 8 heteroatoms. The fourth-order valence-electron chi connectivity index (χ4n) is 3.70. The number of nitrogens with zero attached hydrogens (tertiary/aromatic N) is 1. The molecule has 7 nitrogen and oxygen atoms in total. The van der Waals surface area contributed by atoms with E-state index in [1.54, 1.807) is 30.9 Å². The van der Waals surface area contributed by atoms with Crippen LogP contribution in [0.25, 0.3) is 0 Å². The van der Waals surface area contributed by atoms with E-state index in [1.807, 2.05) is 27.7 Å². The van der Waals surface area contributed by atoms with E-state index in [4.69, 9.17) is 9.47 Å². The molecule has 0 aliphatic carbocycles. The summed E-state index contributed by atoms with van der Waals surface area (Å²) < 4.78 is 10.5. The molecule has 1 N–H and O–H groups in total. The fraction of sp³-hybridized carbons (Fsp3) is 0.375. The summed E-state index contributed by atoms with van der Waals surface area (Å²) in [4.78, 5) is 42.4. The predicted molar refractivity (Wildman–Crippen MR) is 122 cm³/mol. The van der Waals surface area contributed by atoms with Crippen LogP contribution in [-0.4, -0.2) is 47.0 Å². The number of benzene rings is 1. The van der Waals surface area contributed by atoms with Gasteiger partial charge in [0.1, 0.15) is 5.75 Å². The minimum Gasteiger partial charge on any atom is -0.507 e. The van der Waals surface area contributed by atoms with E-state index in [0.717, 1.165) is 21.7 Å². The number of rotatable bonds is 6. The number of esters is 2. The number of aryl methyl sites for hydroxylation is 2. The first kappa shape index (κ1) is 23.7. The Morgan fingerprint density at radius 1 is 1.03 bits per heavy atom. The summed E-state index contributed by atoms with van der Waals surface area (Å²) >= 11 is 1.41. The van der Waals surface area contributed by atoms with Gasteiger partial charge in [-0.25, -0.2) is 9.59 Å². The molecule has 2 heterocycles. The van der Waals surface area contributed by atoms with Gasteiger partial charge < -0.3 is 19.5 Å². The van der Waals surface area contributed by atoms with Crippen LogP contribution >= 0.6 is 11.8 Å². The summed E-state index contributed by atoms with van der Waals surface area (Å²) in [6.07, 6.45) is 1.59. The highest BCUT2D eigenvalue weighted by molar-refractivity contribution is 8.06. The highest BCUT2D eigenvalue weighted by Crippen LogP contribution is 2.47. The zero-order valence-corrected chi connectivity index (χ0v) is 19.9. The molecule has 1 aromatic rings. The lowest BCUT2D eigenvalue weighted by atomic mass is 9.89. The van der Waals surface area contributed by atoms with Crippen LogP contribution in [0.15, 0.2) is 45.0 Å². The molecule has 2 aliphatic rings. The van der Waals surface area contributed by atoms with Gasteiger partial charge in [0, 0.05) is 16.2 Å². The Balaban J connectivity index is 2.27. The van der Waals surface area contributed by atoms with Crippen molar-refractivity contribution in [3.05, 3.63) is 61.7 Å². The molecule has 2 aliphatic heterocycles. The van der Waals surface area contributed by atoms with E-state index >= 15 is 0 Å². The number of ether oxygens (including phenoxy) is 2. The van der Waals surface area contributed by atoms with Crippen molar-refractivity contribution < 1.29 is 29.0 Å². The maximum absolute atomic E-state index is 13.6. The molecule has 0 amide bonds. The van der Waals surface area contributed by atoms with Gasteiger partial charge in [0.25, 0.3) is 0 Å². The number of carbonyl (C=O) groups excluding carboxylic acids is 3. The first-order valence-corrected chi connectivity index (χ1v) is 11.2. The van der Waals surface area contributed by atoms with E-state index in [2.05, 4.69) is 0 Å². The van der Waals surface area contributed by atoms with Crippen LogP contribution in [0.5, 0.6) is 5.75 Å². The van der Waals surface area contributed by atoms with Gasteiger partial charge in [-0.15, -0.1) is 0 Å². The zero-order valence-electron chi connectivity index (χ0n) is 19.1. The van der Waals surface area contributed by atoms with E-state index < -0.39 is 23.8 Å². The van der Waals surface area contributed by atoms with Gasteiger partial charge >= 0.3 is 11.9 Å². The number of ketones is 1. The van der Waals surface area contributed by atoms with Crippen molar-refractivity contribution in [3.63, 3.8) is 0 Å². The SMILES string of the molecule is CCOC(=O)C1=C(C(=O)c2cc(C)c(C)cc2O)C=C2SC(C)=C(C)N2C1C(=O)OCC. The van der Waals surface area contributed by atoms with Crippen LogP contribution in [0.2, 0.25) is 0 Å². The maximum Gasteiger partial charge on any atom is 0.337 e. The van der Waals surface area contributed by atoms with Gasteiger partial charge in [-0.05, 0) is 70.9 Å². The lowest BCUT2D eigenvalue weighted by molar-refractivity contribution is -0.150. The van der Waals surface area contributed by atoms with Crippen molar-refractivity contribution in [2.24, 2.45) is 0 Å². The molecule has 0 aromatic heterocycles. The molecule has 170 valence electrons. The molecule has 32 heavy (non-hydrogen) atoms. The molecule has 0 saturated heterocycles. The maximum atomic E-state index is 13.6. The van der Waals surface area contributed by atoms with Gasteiger partial charge in [0.2, 0.25) is 0 Å². The second-order valence-corrected chi connectivity index (χ2v) is 8.82. The molecule has 1 atom stereocenters. The third kappa shape index (κ3) is 4.07. The third-order valence-corrected chi connectivity index (χ3v) is 6.69. The van der Waals surface area contributed by atoms with Gasteiger partial charge in [-0.3, -0.25) is 4.79 Å². The van der Waals surface area contributed by atoms with Crippen molar-refractivity contribution in [2.45, 2.75) is 47.6 Å². The number of hydrogen-bond donors (Lipinski definition) is 1. The predicted octanol–water partition coefficient (Wildman–Crippen LogP) is 4.14. The Labute approximate surface area is 191 Å². The number of hydrogen-bond acceptors (Lipinski definition) is 8. The van der Waals surface area contributed by atoms with Crippen LogP contribution in [0.1, 0.15) is 49.2 Å². The molecule has 0 saturated carbocycles. The molecule has 0 bridgehead atoms. The van der Waals surface area contributed by atoms with Crippen LogP contribution < -0.4 is 0 Å². The molecule has 0 spiro atoms. The first-order valence-electron chi connectivity index (χ1n) is 10.4. The molecule has 0 fully saturated rings. The van der Waals surface area contributed by atoms with Crippen molar-refractivity contribution in [3.8, 4) is 5.75 Å². The van der Waals surface area contributed by atoms with Crippen molar-refractivity contribution in [1.29, 1.82) is 0 Å². The smallest absolute Gasteiger partial charge is 0.337 e. The number of phenolic OH excluding ortho intramolecular Hbond substituents is 1. The number of allylic oxidation sites excluding steroid dienone is 4. The number of Topliss-reactive ketones (excluding diaryl/α,β-unsaturated/α-hetero) is 1. The third-order valence-electron chi connectivity index (χ3n) is 5.56. The Hall–Kier alpha value is -3.00. The van der Waals surface area contributed by atoms with Gasteiger partial charge in [-0.2, -0.15) is 0 Å². The molecular weight excluding hydrogens is 430 g/mol. The average Bonchev–Trinajstić information content (AvgIpc) is 3.02. The summed E-state index contributed by atoms with van der Waals surface area (Å²) in [6, 6.07) is 1.94. The summed E-state index contributed by atoms with van der Waals surface area (Å²) in [6.45, 7) is 10.9. The number of carbonyl (C=O) groups is 3. The van der Waals surface area contributed by atoms with Crippen molar-refractivity contribution in [2.75, 3.05) is 13.2 Å². The Morgan fingerprint density at radius 2 is 1.66 bits per heavy atom. The minimum absolute atomic E-state index is 0.0151. The van der Waals surface area contributed by atoms with Gasteiger partial charge in [0.15, 0.2) is 11.8 Å². The van der Waals surface area contributed by atoms with E-state index in [9.17, 15) is 19.5 Å². The Morgan fingerprint density at radius 3 is 2.28 bits per heavy atom. The second-order valence-electron chi connectivity index (χ2n) is 7.58. The molecular formula is C24H27NO6S. The summed E-state index contributed by atoms with van der Waals surface area (Å²) in [7, 11) is 0. The Bertz CT molecular complexity index is 1100.